The van der Waals surface area contributed by atoms with Crippen LogP contribution in [0.4, 0.5) is 5.69 Å². The van der Waals surface area contributed by atoms with Crippen molar-refractivity contribution in [2.75, 3.05) is 39.0 Å². The Labute approximate surface area is 124 Å². The predicted octanol–water partition coefficient (Wildman–Crippen LogP) is 1.31. The van der Waals surface area contributed by atoms with Crippen molar-refractivity contribution in [3.63, 3.8) is 0 Å². The summed E-state index contributed by atoms with van der Waals surface area (Å²) in [5, 5.41) is 4.03. The van der Waals surface area contributed by atoms with Crippen LogP contribution in [-0.4, -0.2) is 49.0 Å². The van der Waals surface area contributed by atoms with Crippen molar-refractivity contribution in [3.05, 3.63) is 42.0 Å². The maximum absolute atomic E-state index is 12.4. The number of carbonyl (C=O) groups excluding carboxylic acids is 1. The normalized spacial score (nSPS) is 17.0. The Bertz CT molecular complexity index is 662. The van der Waals surface area contributed by atoms with Crippen LogP contribution in [0.5, 0.6) is 0 Å². The molecular weight excluding hydrogens is 264 g/mol. The van der Waals surface area contributed by atoms with Crippen molar-refractivity contribution < 1.29 is 4.79 Å². The van der Waals surface area contributed by atoms with E-state index in [9.17, 15) is 4.79 Å². The highest BCUT2D eigenvalue weighted by Crippen LogP contribution is 2.21. The molecule has 1 aliphatic heterocycles. The molecule has 0 aromatic heterocycles. The molecule has 0 bridgehead atoms. The predicted molar refractivity (Wildman–Crippen MR) is 84.9 cm³/mol. The van der Waals surface area contributed by atoms with Gasteiger partial charge in [0.25, 0.3) is 5.91 Å². The minimum atomic E-state index is -0.136. The highest BCUT2D eigenvalue weighted by molar-refractivity contribution is 6.03. The Hall–Kier alpha value is -2.11. The molecule has 1 aliphatic rings. The van der Waals surface area contributed by atoms with Crippen LogP contribution in [0.3, 0.4) is 0 Å². The molecule has 1 amide bonds. The van der Waals surface area contributed by atoms with Crippen molar-refractivity contribution in [2.24, 2.45) is 0 Å². The van der Waals surface area contributed by atoms with Gasteiger partial charge in [-0.05, 0) is 30.0 Å². The van der Waals surface area contributed by atoms with E-state index in [1.165, 1.54) is 0 Å². The Kier molecular flexibility index (Phi) is 3.77. The van der Waals surface area contributed by atoms with Crippen LogP contribution in [-0.2, 0) is 0 Å². The second-order valence-electron chi connectivity index (χ2n) is 5.52. The molecule has 0 spiro atoms. The van der Waals surface area contributed by atoms with Gasteiger partial charge in [0.1, 0.15) is 0 Å². The zero-order valence-corrected chi connectivity index (χ0v) is 12.2. The summed E-state index contributed by atoms with van der Waals surface area (Å²) in [6.45, 7) is 3.56. The Morgan fingerprint density at radius 3 is 2.38 bits per heavy atom. The number of hydrogen-bond acceptors (Lipinski definition) is 4. The van der Waals surface area contributed by atoms with Crippen molar-refractivity contribution in [3.8, 4) is 0 Å². The zero-order chi connectivity index (χ0) is 14.8. The number of nitrogens with one attached hydrogen (secondary N) is 1. The first-order valence-electron chi connectivity index (χ1n) is 7.16. The molecule has 0 aliphatic carbocycles. The number of amides is 1. The molecule has 0 atom stereocenters. The molecular formula is C16H20N4O. The van der Waals surface area contributed by atoms with Crippen molar-refractivity contribution >= 4 is 22.4 Å². The number of hydrazine groups is 1. The number of anilines is 1. The van der Waals surface area contributed by atoms with E-state index in [1.807, 2.05) is 41.4 Å². The fourth-order valence-corrected chi connectivity index (χ4v) is 2.58. The molecule has 1 saturated heterocycles. The largest absolute Gasteiger partial charge is 0.398 e. The van der Waals surface area contributed by atoms with Crippen LogP contribution >= 0.6 is 0 Å². The maximum Gasteiger partial charge on any atom is 0.267 e. The fraction of sp³-hybridized carbons (Fsp3) is 0.312. The molecule has 1 fully saturated rings. The maximum atomic E-state index is 12.4. The molecule has 21 heavy (non-hydrogen) atoms. The molecule has 2 aromatic rings. The first kappa shape index (κ1) is 13.9. The van der Waals surface area contributed by atoms with Gasteiger partial charge in [0.05, 0.1) is 5.56 Å². The average molecular weight is 284 g/mol. The fourth-order valence-electron chi connectivity index (χ4n) is 2.58. The highest BCUT2D eigenvalue weighted by atomic mass is 16.2. The summed E-state index contributed by atoms with van der Waals surface area (Å²) in [5.74, 6) is -0.136. The second kappa shape index (κ2) is 5.71. The Morgan fingerprint density at radius 1 is 1.10 bits per heavy atom. The highest BCUT2D eigenvalue weighted by Gasteiger charge is 2.18. The van der Waals surface area contributed by atoms with Crippen LogP contribution in [0, 0.1) is 0 Å². The summed E-state index contributed by atoms with van der Waals surface area (Å²) in [5.41, 5.74) is 10.0. The molecule has 1 heterocycles. The SMILES string of the molecule is CN1CCN(NC(=O)c2cc3ccccc3cc2N)CC1. The van der Waals surface area contributed by atoms with Gasteiger partial charge in [0, 0.05) is 31.9 Å². The van der Waals surface area contributed by atoms with E-state index >= 15 is 0 Å². The van der Waals surface area contributed by atoms with Crippen LogP contribution in [0.25, 0.3) is 10.8 Å². The van der Waals surface area contributed by atoms with E-state index in [0.717, 1.165) is 37.0 Å². The number of rotatable bonds is 2. The topological polar surface area (TPSA) is 61.6 Å². The van der Waals surface area contributed by atoms with E-state index in [-0.39, 0.29) is 5.91 Å². The number of fused-ring (bicyclic) bond motifs is 1. The van der Waals surface area contributed by atoms with Gasteiger partial charge in [0.15, 0.2) is 0 Å². The summed E-state index contributed by atoms with van der Waals surface area (Å²) in [6.07, 6.45) is 0. The van der Waals surface area contributed by atoms with Crippen LogP contribution in [0.1, 0.15) is 10.4 Å². The third-order valence-electron chi connectivity index (χ3n) is 3.93. The minimum Gasteiger partial charge on any atom is -0.398 e. The Balaban J connectivity index is 1.79. The summed E-state index contributed by atoms with van der Waals surface area (Å²) in [6, 6.07) is 11.6. The number of piperazine rings is 1. The van der Waals surface area contributed by atoms with Gasteiger partial charge in [-0.25, -0.2) is 5.01 Å². The number of likely N-dealkylation sites (N-methyl/N-ethyl adjacent to an activating group) is 1. The van der Waals surface area contributed by atoms with Crippen molar-refractivity contribution in [2.45, 2.75) is 0 Å². The summed E-state index contributed by atoms with van der Waals surface area (Å²) in [4.78, 5) is 14.7. The van der Waals surface area contributed by atoms with E-state index < -0.39 is 0 Å². The second-order valence-corrected chi connectivity index (χ2v) is 5.52. The van der Waals surface area contributed by atoms with Gasteiger partial charge in [-0.1, -0.05) is 24.3 Å². The van der Waals surface area contributed by atoms with Gasteiger partial charge >= 0.3 is 0 Å². The third kappa shape index (κ3) is 2.99. The number of nitrogens with zero attached hydrogens (tertiary/aromatic N) is 2. The van der Waals surface area contributed by atoms with Crippen molar-refractivity contribution in [1.29, 1.82) is 0 Å². The molecule has 3 N–H and O–H groups in total. The monoisotopic (exact) mass is 284 g/mol. The average Bonchev–Trinajstić information content (AvgIpc) is 2.49. The van der Waals surface area contributed by atoms with E-state index in [1.54, 1.807) is 0 Å². The van der Waals surface area contributed by atoms with E-state index in [0.29, 0.717) is 11.3 Å². The standard InChI is InChI=1S/C16H20N4O/c1-19-6-8-20(9-7-19)18-16(21)14-10-12-4-2-3-5-13(12)11-15(14)17/h2-5,10-11H,6-9,17H2,1H3,(H,18,21). The number of nitrogens with two attached hydrogens (primary N) is 1. The van der Waals surface area contributed by atoms with E-state index in [2.05, 4.69) is 17.4 Å². The lowest BCUT2D eigenvalue weighted by atomic mass is 10.0. The molecule has 0 saturated carbocycles. The molecule has 2 aromatic carbocycles. The minimum absolute atomic E-state index is 0.136. The molecule has 5 heteroatoms. The summed E-state index contributed by atoms with van der Waals surface area (Å²) < 4.78 is 0. The smallest absolute Gasteiger partial charge is 0.267 e. The quantitative estimate of drug-likeness (QED) is 0.816. The summed E-state index contributed by atoms with van der Waals surface area (Å²) in [7, 11) is 2.08. The van der Waals surface area contributed by atoms with Crippen LogP contribution in [0.15, 0.2) is 36.4 Å². The van der Waals surface area contributed by atoms with E-state index in [4.69, 9.17) is 5.73 Å². The lowest BCUT2D eigenvalue weighted by Crippen LogP contribution is -2.52. The number of hydrogen-bond donors (Lipinski definition) is 2. The number of nitrogen functional groups attached to an aromatic ring is 1. The van der Waals surface area contributed by atoms with Gasteiger partial charge < -0.3 is 10.6 Å². The lowest BCUT2D eigenvalue weighted by molar-refractivity contribution is 0.0663. The van der Waals surface area contributed by atoms with Gasteiger partial charge in [-0.3, -0.25) is 10.2 Å². The Morgan fingerprint density at radius 2 is 1.71 bits per heavy atom. The number of benzene rings is 2. The molecule has 0 radical (unpaired) electrons. The number of carbonyl (C=O) groups is 1. The molecule has 5 nitrogen and oxygen atoms in total. The lowest BCUT2D eigenvalue weighted by Gasteiger charge is -2.32. The van der Waals surface area contributed by atoms with Gasteiger partial charge in [-0.2, -0.15) is 0 Å². The molecule has 3 rings (SSSR count). The van der Waals surface area contributed by atoms with Crippen LogP contribution in [0.2, 0.25) is 0 Å². The third-order valence-corrected chi connectivity index (χ3v) is 3.93. The summed E-state index contributed by atoms with van der Waals surface area (Å²) >= 11 is 0. The first-order valence-corrected chi connectivity index (χ1v) is 7.16. The molecule has 110 valence electrons. The molecule has 0 unspecified atom stereocenters. The first-order chi connectivity index (χ1) is 10.1. The van der Waals surface area contributed by atoms with Gasteiger partial charge in [-0.15, -0.1) is 0 Å². The van der Waals surface area contributed by atoms with Crippen molar-refractivity contribution in [1.82, 2.24) is 15.3 Å². The van der Waals surface area contributed by atoms with Crippen LogP contribution < -0.4 is 11.2 Å². The zero-order valence-electron chi connectivity index (χ0n) is 12.2. The van der Waals surface area contributed by atoms with Gasteiger partial charge in [0.2, 0.25) is 0 Å².